The Morgan fingerprint density at radius 2 is 2.00 bits per heavy atom. The lowest BCUT2D eigenvalue weighted by atomic mass is 9.91. The lowest BCUT2D eigenvalue weighted by Crippen LogP contribution is -2.48. The van der Waals surface area contributed by atoms with Crippen LogP contribution in [-0.2, 0) is 4.79 Å². The third kappa shape index (κ3) is 3.27. The number of hydrogen-bond acceptors (Lipinski definition) is 3. The van der Waals surface area contributed by atoms with E-state index in [1.807, 2.05) is 27.7 Å². The zero-order valence-corrected chi connectivity index (χ0v) is 9.58. The topological polar surface area (TPSA) is 66.6 Å². The molecule has 0 rings (SSSR count). The Kier molecular flexibility index (Phi) is 5.08. The molecule has 0 aliphatic heterocycles. The molecule has 0 atom stereocenters. The minimum Gasteiger partial charge on any atom is -0.395 e. The summed E-state index contributed by atoms with van der Waals surface area (Å²) in [6.07, 6.45) is 0. The molecule has 0 aromatic rings. The molecular weight excluding hydrogens is 180 g/mol. The van der Waals surface area contributed by atoms with Crippen LogP contribution in [0.1, 0.15) is 27.7 Å². The molecule has 0 saturated carbocycles. The maximum atomic E-state index is 12.0. The van der Waals surface area contributed by atoms with Crippen molar-refractivity contribution in [3.8, 4) is 0 Å². The minimum atomic E-state index is -0.542. The molecule has 0 aliphatic carbocycles. The van der Waals surface area contributed by atoms with Crippen LogP contribution >= 0.6 is 0 Å². The fourth-order valence-corrected chi connectivity index (χ4v) is 1.18. The maximum absolute atomic E-state index is 12.0. The monoisotopic (exact) mass is 202 g/mol. The quantitative estimate of drug-likeness (QED) is 0.669. The van der Waals surface area contributed by atoms with Crippen molar-refractivity contribution in [2.75, 3.05) is 19.7 Å². The van der Waals surface area contributed by atoms with Crippen molar-refractivity contribution in [2.45, 2.75) is 33.7 Å². The third-order valence-corrected chi connectivity index (χ3v) is 2.31. The van der Waals surface area contributed by atoms with Gasteiger partial charge in [-0.25, -0.2) is 0 Å². The number of carbonyl (C=O) groups is 1. The number of nitrogens with zero attached hydrogens (tertiary/aromatic N) is 1. The molecule has 4 nitrogen and oxygen atoms in total. The summed E-state index contributed by atoms with van der Waals surface area (Å²) >= 11 is 0. The number of nitrogens with two attached hydrogens (primary N) is 1. The summed E-state index contributed by atoms with van der Waals surface area (Å²) in [5, 5.41) is 8.85. The van der Waals surface area contributed by atoms with Gasteiger partial charge in [0.15, 0.2) is 0 Å². The van der Waals surface area contributed by atoms with Crippen LogP contribution in [0.15, 0.2) is 0 Å². The summed E-state index contributed by atoms with van der Waals surface area (Å²) in [6.45, 7) is 8.19. The van der Waals surface area contributed by atoms with Crippen molar-refractivity contribution in [1.29, 1.82) is 0 Å². The average molecular weight is 202 g/mol. The first-order valence-electron chi connectivity index (χ1n) is 4.98. The van der Waals surface area contributed by atoms with Gasteiger partial charge in [-0.15, -0.1) is 0 Å². The summed E-state index contributed by atoms with van der Waals surface area (Å²) in [6, 6.07) is 0.0977. The molecule has 14 heavy (non-hydrogen) atoms. The lowest BCUT2D eigenvalue weighted by molar-refractivity contribution is -0.142. The Balaban J connectivity index is 4.59. The smallest absolute Gasteiger partial charge is 0.229 e. The van der Waals surface area contributed by atoms with Crippen molar-refractivity contribution in [1.82, 2.24) is 4.90 Å². The molecule has 0 saturated heterocycles. The molecular formula is C10H22N2O2. The van der Waals surface area contributed by atoms with Crippen LogP contribution in [0.3, 0.4) is 0 Å². The molecule has 84 valence electrons. The standard InChI is InChI=1S/C10H22N2O2/c1-8(2)12(5-6-13)9(14)10(3,4)7-11/h8,13H,5-7,11H2,1-4H3. The van der Waals surface area contributed by atoms with Crippen molar-refractivity contribution in [3.05, 3.63) is 0 Å². The van der Waals surface area contributed by atoms with Gasteiger partial charge in [0.05, 0.1) is 12.0 Å². The second-order valence-corrected chi connectivity index (χ2v) is 4.40. The minimum absolute atomic E-state index is 0.00375. The van der Waals surface area contributed by atoms with E-state index in [4.69, 9.17) is 10.8 Å². The normalized spacial score (nSPS) is 11.9. The molecule has 0 fully saturated rings. The van der Waals surface area contributed by atoms with Gasteiger partial charge in [0.2, 0.25) is 5.91 Å². The van der Waals surface area contributed by atoms with Crippen LogP contribution in [0.25, 0.3) is 0 Å². The predicted molar refractivity (Wildman–Crippen MR) is 56.8 cm³/mol. The molecule has 1 amide bonds. The summed E-state index contributed by atoms with van der Waals surface area (Å²) in [4.78, 5) is 13.6. The van der Waals surface area contributed by atoms with E-state index in [-0.39, 0.29) is 18.6 Å². The number of amides is 1. The molecule has 0 heterocycles. The van der Waals surface area contributed by atoms with Crippen LogP contribution in [-0.4, -0.2) is 41.7 Å². The molecule has 0 unspecified atom stereocenters. The summed E-state index contributed by atoms with van der Waals surface area (Å²) in [7, 11) is 0. The van der Waals surface area contributed by atoms with E-state index in [1.165, 1.54) is 0 Å². The maximum Gasteiger partial charge on any atom is 0.229 e. The largest absolute Gasteiger partial charge is 0.395 e. The van der Waals surface area contributed by atoms with Gasteiger partial charge in [-0.1, -0.05) is 0 Å². The summed E-state index contributed by atoms with van der Waals surface area (Å²) in [5.74, 6) is 0.00375. The van der Waals surface area contributed by atoms with E-state index in [9.17, 15) is 4.79 Å². The highest BCUT2D eigenvalue weighted by Crippen LogP contribution is 2.18. The molecule has 3 N–H and O–H groups in total. The van der Waals surface area contributed by atoms with Crippen LogP contribution in [0.4, 0.5) is 0 Å². The Bertz CT molecular complexity index is 191. The highest BCUT2D eigenvalue weighted by Gasteiger charge is 2.31. The third-order valence-electron chi connectivity index (χ3n) is 2.31. The van der Waals surface area contributed by atoms with Crippen molar-refractivity contribution >= 4 is 5.91 Å². The summed E-state index contributed by atoms with van der Waals surface area (Å²) < 4.78 is 0. The van der Waals surface area contributed by atoms with Crippen LogP contribution in [0.2, 0.25) is 0 Å². The van der Waals surface area contributed by atoms with Gasteiger partial charge in [-0.3, -0.25) is 4.79 Å². The first kappa shape index (κ1) is 13.4. The molecule has 4 heteroatoms. The van der Waals surface area contributed by atoms with E-state index >= 15 is 0 Å². The van der Waals surface area contributed by atoms with Gasteiger partial charge in [-0.05, 0) is 27.7 Å². The Morgan fingerprint density at radius 1 is 1.50 bits per heavy atom. The van der Waals surface area contributed by atoms with E-state index in [0.29, 0.717) is 13.1 Å². The van der Waals surface area contributed by atoms with E-state index in [2.05, 4.69) is 0 Å². The van der Waals surface area contributed by atoms with Gasteiger partial charge >= 0.3 is 0 Å². The SMILES string of the molecule is CC(C)N(CCO)C(=O)C(C)(C)CN. The first-order valence-corrected chi connectivity index (χ1v) is 4.98. The van der Waals surface area contributed by atoms with Crippen LogP contribution < -0.4 is 5.73 Å². The number of rotatable bonds is 5. The molecule has 0 bridgehead atoms. The average Bonchev–Trinajstić information content (AvgIpc) is 2.12. The zero-order valence-electron chi connectivity index (χ0n) is 9.58. The fourth-order valence-electron chi connectivity index (χ4n) is 1.18. The van der Waals surface area contributed by atoms with Gasteiger partial charge < -0.3 is 15.7 Å². The van der Waals surface area contributed by atoms with Crippen molar-refractivity contribution in [2.24, 2.45) is 11.1 Å². The molecule has 0 aliphatic rings. The summed E-state index contributed by atoms with van der Waals surface area (Å²) in [5.41, 5.74) is 4.99. The van der Waals surface area contributed by atoms with Crippen molar-refractivity contribution < 1.29 is 9.90 Å². The number of aliphatic hydroxyl groups is 1. The van der Waals surface area contributed by atoms with Crippen LogP contribution in [0.5, 0.6) is 0 Å². The number of hydrogen-bond donors (Lipinski definition) is 2. The molecule has 0 aromatic heterocycles. The highest BCUT2D eigenvalue weighted by atomic mass is 16.3. The fraction of sp³-hybridized carbons (Fsp3) is 0.900. The number of carbonyl (C=O) groups excluding carboxylic acids is 1. The predicted octanol–water partition coefficient (Wildman–Crippen LogP) is 0.201. The second kappa shape index (κ2) is 5.32. The molecule has 0 aromatic carbocycles. The van der Waals surface area contributed by atoms with Crippen molar-refractivity contribution in [3.63, 3.8) is 0 Å². The Labute approximate surface area is 86.1 Å². The van der Waals surface area contributed by atoms with E-state index in [1.54, 1.807) is 4.90 Å². The Hall–Kier alpha value is -0.610. The lowest BCUT2D eigenvalue weighted by Gasteiger charge is -2.33. The Morgan fingerprint density at radius 3 is 2.29 bits per heavy atom. The second-order valence-electron chi connectivity index (χ2n) is 4.40. The van der Waals surface area contributed by atoms with E-state index in [0.717, 1.165) is 0 Å². The van der Waals surface area contributed by atoms with Crippen LogP contribution in [0, 0.1) is 5.41 Å². The first-order chi connectivity index (χ1) is 6.36. The molecule has 0 spiro atoms. The van der Waals surface area contributed by atoms with Gasteiger partial charge in [0, 0.05) is 19.1 Å². The molecule has 0 radical (unpaired) electrons. The van der Waals surface area contributed by atoms with Gasteiger partial charge in [-0.2, -0.15) is 0 Å². The zero-order chi connectivity index (χ0) is 11.4. The van der Waals surface area contributed by atoms with Gasteiger partial charge in [0.1, 0.15) is 0 Å². The number of aliphatic hydroxyl groups excluding tert-OH is 1. The van der Waals surface area contributed by atoms with E-state index < -0.39 is 5.41 Å². The highest BCUT2D eigenvalue weighted by molar-refractivity contribution is 5.82. The van der Waals surface area contributed by atoms with Gasteiger partial charge in [0.25, 0.3) is 0 Å².